The van der Waals surface area contributed by atoms with Crippen LogP contribution in [0.25, 0.3) is 0 Å². The van der Waals surface area contributed by atoms with E-state index in [4.69, 9.17) is 0 Å². The number of hydrogen-bond acceptors (Lipinski definition) is 5. The maximum absolute atomic E-state index is 11.2. The molecular weight excluding hydrogens is 276 g/mol. The van der Waals surface area contributed by atoms with Crippen LogP contribution in [0.15, 0.2) is 3.92 Å². The van der Waals surface area contributed by atoms with Gasteiger partial charge in [0.25, 0.3) is 0 Å². The number of nitrogens with zero attached hydrogens (tertiary/aromatic N) is 2. The third-order valence-electron chi connectivity index (χ3n) is 2.00. The predicted molar refractivity (Wildman–Crippen MR) is 53.6 cm³/mol. The smallest absolute Gasteiger partial charge is 0.183 e. The van der Waals surface area contributed by atoms with Crippen LogP contribution in [0.2, 0.25) is 0 Å². The second-order valence-corrected chi connectivity index (χ2v) is 7.51. The minimum Gasteiger partial charge on any atom is -0.229 e. The highest BCUT2D eigenvalue weighted by atomic mass is 79.9. The number of halogens is 1. The van der Waals surface area contributed by atoms with Gasteiger partial charge in [-0.15, -0.1) is 10.2 Å². The van der Waals surface area contributed by atoms with Gasteiger partial charge in [0, 0.05) is 5.92 Å². The Balaban J connectivity index is 2.21. The lowest BCUT2D eigenvalue weighted by Gasteiger charge is -1.98. The molecule has 0 aromatic carbocycles. The fourth-order valence-electron chi connectivity index (χ4n) is 1.37. The average molecular weight is 283 g/mol. The second-order valence-electron chi connectivity index (χ2n) is 2.99. The van der Waals surface area contributed by atoms with Crippen molar-refractivity contribution in [3.05, 3.63) is 8.92 Å². The molecule has 1 aliphatic rings. The summed E-state index contributed by atoms with van der Waals surface area (Å²) in [5.41, 5.74) is 0. The topological polar surface area (TPSA) is 59.9 Å². The monoisotopic (exact) mass is 282 g/mol. The van der Waals surface area contributed by atoms with E-state index >= 15 is 0 Å². The van der Waals surface area contributed by atoms with Crippen LogP contribution in [0, 0.1) is 0 Å². The second kappa shape index (κ2) is 3.29. The molecule has 1 unspecified atom stereocenters. The zero-order valence-electron chi connectivity index (χ0n) is 6.60. The van der Waals surface area contributed by atoms with Crippen molar-refractivity contribution >= 4 is 37.1 Å². The molecule has 1 fully saturated rings. The van der Waals surface area contributed by atoms with E-state index in [1.165, 1.54) is 11.3 Å². The predicted octanol–water partition coefficient (Wildman–Crippen LogP) is 1.20. The molecule has 0 radical (unpaired) electrons. The first kappa shape index (κ1) is 9.54. The number of sulfone groups is 1. The van der Waals surface area contributed by atoms with Gasteiger partial charge in [-0.1, -0.05) is 11.3 Å². The Morgan fingerprint density at radius 2 is 2.23 bits per heavy atom. The lowest BCUT2D eigenvalue weighted by atomic mass is 10.1. The maximum atomic E-state index is 11.2. The van der Waals surface area contributed by atoms with E-state index in [0.29, 0.717) is 10.3 Å². The molecule has 1 aliphatic heterocycles. The summed E-state index contributed by atoms with van der Waals surface area (Å²) in [4.78, 5) is 0. The fourth-order valence-corrected chi connectivity index (χ4v) is 4.50. The Morgan fingerprint density at radius 1 is 1.46 bits per heavy atom. The fraction of sp³-hybridized carbons (Fsp3) is 0.667. The first-order valence-electron chi connectivity index (χ1n) is 3.76. The van der Waals surface area contributed by atoms with E-state index in [2.05, 4.69) is 26.1 Å². The summed E-state index contributed by atoms with van der Waals surface area (Å²) < 4.78 is 23.0. The highest BCUT2D eigenvalue weighted by Crippen LogP contribution is 2.31. The van der Waals surface area contributed by atoms with Gasteiger partial charge >= 0.3 is 0 Å². The molecule has 2 rings (SSSR count). The van der Waals surface area contributed by atoms with Gasteiger partial charge < -0.3 is 0 Å². The van der Waals surface area contributed by atoms with Crippen molar-refractivity contribution in [2.45, 2.75) is 12.3 Å². The summed E-state index contributed by atoms with van der Waals surface area (Å²) in [5.74, 6) is 0.581. The molecule has 72 valence electrons. The minimum absolute atomic E-state index is 0.0637. The number of aromatic nitrogens is 2. The van der Waals surface area contributed by atoms with E-state index in [1.807, 2.05) is 0 Å². The molecule has 0 amide bonds. The lowest BCUT2D eigenvalue weighted by molar-refractivity contribution is 0.601. The molecule has 1 saturated heterocycles. The Labute approximate surface area is 88.4 Å². The highest BCUT2D eigenvalue weighted by Gasteiger charge is 2.31. The molecule has 0 bridgehead atoms. The molecule has 4 nitrogen and oxygen atoms in total. The quantitative estimate of drug-likeness (QED) is 0.777. The number of hydrogen-bond donors (Lipinski definition) is 0. The molecule has 1 atom stereocenters. The molecule has 0 aliphatic carbocycles. The summed E-state index contributed by atoms with van der Waals surface area (Å²) in [7, 11) is -2.81. The SMILES string of the molecule is O=S1(=O)CCC(c2nnc(Br)s2)C1. The number of rotatable bonds is 1. The molecular formula is C6H7BrN2O2S2. The van der Waals surface area contributed by atoms with Gasteiger partial charge in [0.2, 0.25) is 0 Å². The Bertz CT molecular complexity index is 414. The molecule has 1 aromatic heterocycles. The van der Waals surface area contributed by atoms with Crippen molar-refractivity contribution in [1.29, 1.82) is 0 Å². The zero-order valence-corrected chi connectivity index (χ0v) is 9.82. The van der Waals surface area contributed by atoms with Gasteiger partial charge in [-0.05, 0) is 22.4 Å². The molecule has 0 spiro atoms. The van der Waals surface area contributed by atoms with Crippen molar-refractivity contribution in [2.75, 3.05) is 11.5 Å². The Kier molecular flexibility index (Phi) is 2.41. The average Bonchev–Trinajstić information content (AvgIpc) is 2.56. The van der Waals surface area contributed by atoms with Gasteiger partial charge in [-0.25, -0.2) is 8.42 Å². The summed E-state index contributed by atoms with van der Waals surface area (Å²) in [6.07, 6.45) is 0.684. The van der Waals surface area contributed by atoms with Crippen LogP contribution in [0.4, 0.5) is 0 Å². The van der Waals surface area contributed by atoms with E-state index in [-0.39, 0.29) is 17.4 Å². The summed E-state index contributed by atoms with van der Waals surface area (Å²) in [6.45, 7) is 0. The normalized spacial score (nSPS) is 26.4. The molecule has 7 heteroatoms. The van der Waals surface area contributed by atoms with E-state index < -0.39 is 9.84 Å². The van der Waals surface area contributed by atoms with Gasteiger partial charge in [0.1, 0.15) is 5.01 Å². The third kappa shape index (κ3) is 2.08. The van der Waals surface area contributed by atoms with Crippen LogP contribution in [-0.2, 0) is 9.84 Å². The van der Waals surface area contributed by atoms with Crippen LogP contribution in [0.3, 0.4) is 0 Å². The van der Waals surface area contributed by atoms with Crippen molar-refractivity contribution in [1.82, 2.24) is 10.2 Å². The van der Waals surface area contributed by atoms with Crippen LogP contribution < -0.4 is 0 Å². The molecule has 0 N–H and O–H groups in total. The Morgan fingerprint density at radius 3 is 2.69 bits per heavy atom. The van der Waals surface area contributed by atoms with Crippen molar-refractivity contribution in [3.8, 4) is 0 Å². The third-order valence-corrected chi connectivity index (χ3v) is 5.28. The molecule has 2 heterocycles. The maximum Gasteiger partial charge on any atom is 0.183 e. The van der Waals surface area contributed by atoms with Crippen molar-refractivity contribution in [3.63, 3.8) is 0 Å². The minimum atomic E-state index is -2.81. The van der Waals surface area contributed by atoms with Gasteiger partial charge in [-0.3, -0.25) is 0 Å². The van der Waals surface area contributed by atoms with E-state index in [0.717, 1.165) is 5.01 Å². The zero-order chi connectivity index (χ0) is 9.47. The van der Waals surface area contributed by atoms with Crippen molar-refractivity contribution < 1.29 is 8.42 Å². The summed E-state index contributed by atoms with van der Waals surface area (Å²) in [5, 5.41) is 8.55. The van der Waals surface area contributed by atoms with Gasteiger partial charge in [-0.2, -0.15) is 0 Å². The van der Waals surface area contributed by atoms with Crippen molar-refractivity contribution in [2.24, 2.45) is 0 Å². The van der Waals surface area contributed by atoms with Gasteiger partial charge in [0.15, 0.2) is 13.8 Å². The van der Waals surface area contributed by atoms with Crippen LogP contribution in [0.1, 0.15) is 17.3 Å². The Hall–Kier alpha value is -0.0100. The first-order valence-corrected chi connectivity index (χ1v) is 7.19. The van der Waals surface area contributed by atoms with Crippen LogP contribution >= 0.6 is 27.3 Å². The summed E-state index contributed by atoms with van der Waals surface area (Å²) in [6, 6.07) is 0. The van der Waals surface area contributed by atoms with E-state index in [9.17, 15) is 8.42 Å². The molecule has 1 aromatic rings. The van der Waals surface area contributed by atoms with Crippen LogP contribution in [0.5, 0.6) is 0 Å². The molecule has 13 heavy (non-hydrogen) atoms. The van der Waals surface area contributed by atoms with E-state index in [1.54, 1.807) is 0 Å². The molecule has 0 saturated carbocycles. The van der Waals surface area contributed by atoms with Gasteiger partial charge in [0.05, 0.1) is 11.5 Å². The standard InChI is InChI=1S/C6H7BrN2O2S2/c7-6-9-8-5(12-6)4-1-2-13(10,11)3-4/h4H,1-3H2. The van der Waals surface area contributed by atoms with Crippen LogP contribution in [-0.4, -0.2) is 30.1 Å². The highest BCUT2D eigenvalue weighted by molar-refractivity contribution is 9.11. The largest absolute Gasteiger partial charge is 0.229 e. The first-order chi connectivity index (χ1) is 6.07. The lowest BCUT2D eigenvalue weighted by Crippen LogP contribution is -2.03. The summed E-state index contributed by atoms with van der Waals surface area (Å²) >= 11 is 4.62.